The molecule has 4 nitrogen and oxygen atoms in total. The molecule has 0 amide bonds. The quantitative estimate of drug-likeness (QED) is 0.907. The molecule has 2 rings (SSSR count). The van der Waals surface area contributed by atoms with Crippen molar-refractivity contribution in [3.63, 3.8) is 0 Å². The average Bonchev–Trinajstić information content (AvgIpc) is 2.44. The van der Waals surface area contributed by atoms with Crippen molar-refractivity contribution < 1.29 is 13.2 Å². The number of nitrogens with two attached hydrogens (primary N) is 1. The first-order valence-corrected chi connectivity index (χ1v) is 9.32. The van der Waals surface area contributed by atoms with E-state index in [1.54, 1.807) is 6.07 Å². The summed E-state index contributed by atoms with van der Waals surface area (Å²) >= 11 is 0. The lowest BCUT2D eigenvalue weighted by molar-refractivity contribution is 0.0436. The number of methoxy groups -OCH3 is 1. The Labute approximate surface area is 127 Å². The Morgan fingerprint density at radius 2 is 1.95 bits per heavy atom. The molecule has 0 saturated heterocycles. The average molecular weight is 311 g/mol. The lowest BCUT2D eigenvalue weighted by atomic mass is 9.52. The number of rotatable bonds is 5. The van der Waals surface area contributed by atoms with Crippen LogP contribution in [-0.2, 0) is 9.84 Å². The minimum absolute atomic E-state index is 0.123. The second kappa shape index (κ2) is 5.61. The molecule has 118 valence electrons. The summed E-state index contributed by atoms with van der Waals surface area (Å²) in [4.78, 5) is 0.246. The van der Waals surface area contributed by atoms with Gasteiger partial charge < -0.3 is 10.5 Å². The standard InChI is InChI=1S/C16H25NO3S/c1-5-16(6-2)12(10-15(16)17)11-7-8-14(21(4,18)19)13(9-11)20-3/h7-9,12,15H,5-6,10,17H2,1-4H3. The molecule has 2 unspecified atom stereocenters. The van der Waals surface area contributed by atoms with E-state index in [-0.39, 0.29) is 16.4 Å². The number of hydrogen-bond donors (Lipinski definition) is 1. The molecule has 1 aromatic rings. The Morgan fingerprint density at radius 1 is 1.33 bits per heavy atom. The van der Waals surface area contributed by atoms with Crippen LogP contribution in [0.25, 0.3) is 0 Å². The van der Waals surface area contributed by atoms with Crippen LogP contribution in [0.3, 0.4) is 0 Å². The second-order valence-electron chi connectivity index (χ2n) is 6.02. The summed E-state index contributed by atoms with van der Waals surface area (Å²) in [6.45, 7) is 4.36. The van der Waals surface area contributed by atoms with Crippen LogP contribution in [0.5, 0.6) is 5.75 Å². The molecule has 0 aliphatic heterocycles. The summed E-state index contributed by atoms with van der Waals surface area (Å²) in [5, 5.41) is 0. The van der Waals surface area contributed by atoms with Gasteiger partial charge in [-0.25, -0.2) is 8.42 Å². The third-order valence-corrected chi connectivity index (χ3v) is 6.36. The summed E-state index contributed by atoms with van der Waals surface area (Å²) in [5.41, 5.74) is 7.50. The first kappa shape index (κ1) is 16.3. The zero-order valence-electron chi connectivity index (χ0n) is 13.2. The topological polar surface area (TPSA) is 69.4 Å². The van der Waals surface area contributed by atoms with E-state index < -0.39 is 9.84 Å². The molecule has 0 radical (unpaired) electrons. The van der Waals surface area contributed by atoms with E-state index in [0.717, 1.165) is 24.8 Å². The largest absolute Gasteiger partial charge is 0.495 e. The zero-order chi connectivity index (χ0) is 15.8. The predicted octanol–water partition coefficient (Wildman–Crippen LogP) is 2.72. The Kier molecular flexibility index (Phi) is 4.36. The molecule has 0 aromatic heterocycles. The molecule has 1 aliphatic rings. The summed E-state index contributed by atoms with van der Waals surface area (Å²) in [6.07, 6.45) is 4.21. The fourth-order valence-electron chi connectivity index (χ4n) is 3.76. The molecular weight excluding hydrogens is 286 g/mol. The first-order chi connectivity index (χ1) is 9.80. The van der Waals surface area contributed by atoms with Gasteiger partial charge in [0.05, 0.1) is 7.11 Å². The van der Waals surface area contributed by atoms with Crippen LogP contribution in [0.4, 0.5) is 0 Å². The third-order valence-electron chi connectivity index (χ3n) is 5.23. The second-order valence-corrected chi connectivity index (χ2v) is 8.00. The van der Waals surface area contributed by atoms with E-state index in [2.05, 4.69) is 13.8 Å². The van der Waals surface area contributed by atoms with Gasteiger partial charge in [0.25, 0.3) is 0 Å². The van der Waals surface area contributed by atoms with Gasteiger partial charge in [-0.15, -0.1) is 0 Å². The van der Waals surface area contributed by atoms with E-state index in [4.69, 9.17) is 10.5 Å². The van der Waals surface area contributed by atoms with Crippen molar-refractivity contribution in [3.8, 4) is 5.75 Å². The predicted molar refractivity (Wildman–Crippen MR) is 84.5 cm³/mol. The van der Waals surface area contributed by atoms with Crippen molar-refractivity contribution in [1.29, 1.82) is 0 Å². The molecule has 21 heavy (non-hydrogen) atoms. The maximum atomic E-state index is 11.8. The van der Waals surface area contributed by atoms with Crippen LogP contribution in [0.15, 0.2) is 23.1 Å². The fraction of sp³-hybridized carbons (Fsp3) is 0.625. The first-order valence-electron chi connectivity index (χ1n) is 7.43. The van der Waals surface area contributed by atoms with Crippen LogP contribution in [-0.4, -0.2) is 27.8 Å². The van der Waals surface area contributed by atoms with E-state index in [1.807, 2.05) is 12.1 Å². The highest BCUT2D eigenvalue weighted by Gasteiger charge is 2.51. The van der Waals surface area contributed by atoms with Crippen molar-refractivity contribution in [2.45, 2.75) is 50.0 Å². The minimum atomic E-state index is -3.28. The monoisotopic (exact) mass is 311 g/mol. The van der Waals surface area contributed by atoms with Gasteiger partial charge in [0.15, 0.2) is 9.84 Å². The van der Waals surface area contributed by atoms with Crippen molar-refractivity contribution in [3.05, 3.63) is 23.8 Å². The zero-order valence-corrected chi connectivity index (χ0v) is 14.0. The van der Waals surface area contributed by atoms with E-state index in [9.17, 15) is 8.42 Å². The highest BCUT2D eigenvalue weighted by atomic mass is 32.2. The van der Waals surface area contributed by atoms with Crippen LogP contribution < -0.4 is 10.5 Å². The molecule has 1 aliphatic carbocycles. The van der Waals surface area contributed by atoms with E-state index >= 15 is 0 Å². The smallest absolute Gasteiger partial charge is 0.179 e. The normalized spacial score (nSPS) is 24.4. The lowest BCUT2D eigenvalue weighted by Crippen LogP contribution is -2.55. The molecule has 2 atom stereocenters. The minimum Gasteiger partial charge on any atom is -0.495 e. The Hall–Kier alpha value is -1.07. The van der Waals surface area contributed by atoms with E-state index in [1.165, 1.54) is 13.4 Å². The molecule has 0 bridgehead atoms. The van der Waals surface area contributed by atoms with Gasteiger partial charge in [-0.1, -0.05) is 19.9 Å². The van der Waals surface area contributed by atoms with E-state index in [0.29, 0.717) is 11.7 Å². The number of sulfone groups is 1. The molecule has 2 N–H and O–H groups in total. The van der Waals surface area contributed by atoms with Gasteiger partial charge in [0, 0.05) is 12.3 Å². The van der Waals surface area contributed by atoms with Gasteiger partial charge >= 0.3 is 0 Å². The van der Waals surface area contributed by atoms with Gasteiger partial charge in [-0.3, -0.25) is 0 Å². The molecule has 0 spiro atoms. The Morgan fingerprint density at radius 3 is 2.38 bits per heavy atom. The van der Waals surface area contributed by atoms with Gasteiger partial charge in [0.1, 0.15) is 10.6 Å². The van der Waals surface area contributed by atoms with Gasteiger partial charge in [0.2, 0.25) is 0 Å². The van der Waals surface area contributed by atoms with Crippen molar-refractivity contribution in [2.24, 2.45) is 11.1 Å². The lowest BCUT2D eigenvalue weighted by Gasteiger charge is -2.55. The maximum absolute atomic E-state index is 11.8. The van der Waals surface area contributed by atoms with Crippen molar-refractivity contribution >= 4 is 9.84 Å². The van der Waals surface area contributed by atoms with Crippen molar-refractivity contribution in [2.75, 3.05) is 13.4 Å². The fourth-order valence-corrected chi connectivity index (χ4v) is 4.59. The Balaban J connectivity index is 2.43. The summed E-state index contributed by atoms with van der Waals surface area (Å²) < 4.78 is 28.8. The number of hydrogen-bond acceptors (Lipinski definition) is 4. The number of ether oxygens (including phenoxy) is 1. The SMILES string of the molecule is CCC1(CC)C(N)CC1c1ccc(S(C)(=O)=O)c(OC)c1. The van der Waals surface area contributed by atoms with Crippen LogP contribution >= 0.6 is 0 Å². The maximum Gasteiger partial charge on any atom is 0.179 e. The Bertz CT molecular complexity index is 620. The summed E-state index contributed by atoms with van der Waals surface area (Å²) in [7, 11) is -1.77. The molecule has 1 fully saturated rings. The summed E-state index contributed by atoms with van der Waals surface area (Å²) in [6, 6.07) is 5.66. The molecule has 1 saturated carbocycles. The highest BCUT2D eigenvalue weighted by Crippen LogP contribution is 2.56. The third kappa shape index (κ3) is 2.57. The molecule has 1 aromatic carbocycles. The molecular formula is C16H25NO3S. The van der Waals surface area contributed by atoms with Crippen LogP contribution in [0.1, 0.15) is 44.6 Å². The van der Waals surface area contributed by atoms with Crippen molar-refractivity contribution in [1.82, 2.24) is 0 Å². The number of benzene rings is 1. The van der Waals surface area contributed by atoms with Gasteiger partial charge in [-0.05, 0) is 48.3 Å². The van der Waals surface area contributed by atoms with Crippen LogP contribution in [0, 0.1) is 5.41 Å². The van der Waals surface area contributed by atoms with Gasteiger partial charge in [-0.2, -0.15) is 0 Å². The molecule has 0 heterocycles. The highest BCUT2D eigenvalue weighted by molar-refractivity contribution is 7.90. The molecule has 5 heteroatoms. The van der Waals surface area contributed by atoms with Crippen LogP contribution in [0.2, 0.25) is 0 Å². The summed E-state index contributed by atoms with van der Waals surface area (Å²) in [5.74, 6) is 0.807.